The Kier molecular flexibility index (Phi) is 4.97. The van der Waals surface area contributed by atoms with E-state index in [0.717, 1.165) is 11.1 Å². The van der Waals surface area contributed by atoms with Crippen molar-refractivity contribution in [3.63, 3.8) is 0 Å². The fraction of sp³-hybridized carbons (Fsp3) is 0.0435. The van der Waals surface area contributed by atoms with Crippen LogP contribution in [0.15, 0.2) is 85.3 Å². The topological polar surface area (TPSA) is 55.2 Å². The number of aromatic nitrogens is 2. The molecule has 4 nitrogen and oxygen atoms in total. The summed E-state index contributed by atoms with van der Waals surface area (Å²) in [7, 11) is 0. The van der Waals surface area contributed by atoms with Gasteiger partial charge in [0.1, 0.15) is 30.3 Å². The summed E-state index contributed by atoms with van der Waals surface area (Å²) in [5.74, 6) is 0.151. The van der Waals surface area contributed by atoms with Gasteiger partial charge in [-0.2, -0.15) is 0 Å². The smallest absolute Gasteiger partial charge is 0.129 e. The molecular weight excluding hydrogens is 355 g/mol. The van der Waals surface area contributed by atoms with Crippen LogP contribution in [-0.4, -0.2) is 15.1 Å². The van der Waals surface area contributed by atoms with Crippen LogP contribution in [0.2, 0.25) is 0 Å². The SMILES string of the molecule is Oc1cc(OCc2ccccc2F)ccc1-c1ncncc1-c1ccccc1. The first-order chi connectivity index (χ1) is 13.7. The van der Waals surface area contributed by atoms with Gasteiger partial charge in [0.2, 0.25) is 0 Å². The van der Waals surface area contributed by atoms with Crippen molar-refractivity contribution in [3.8, 4) is 33.9 Å². The second-order valence-electron chi connectivity index (χ2n) is 6.21. The van der Waals surface area contributed by atoms with Crippen LogP contribution >= 0.6 is 0 Å². The number of hydrogen-bond acceptors (Lipinski definition) is 4. The minimum Gasteiger partial charge on any atom is -0.507 e. The maximum atomic E-state index is 13.7. The standard InChI is InChI=1S/C23H17FN2O2/c24-21-9-5-4-8-17(21)14-28-18-10-11-19(22(27)12-18)23-20(13-25-15-26-23)16-6-2-1-3-7-16/h1-13,15,27H,14H2. The van der Waals surface area contributed by atoms with Gasteiger partial charge in [-0.05, 0) is 23.8 Å². The molecule has 1 aromatic heterocycles. The third kappa shape index (κ3) is 3.69. The molecule has 28 heavy (non-hydrogen) atoms. The molecular formula is C23H17FN2O2. The van der Waals surface area contributed by atoms with E-state index in [2.05, 4.69) is 9.97 Å². The van der Waals surface area contributed by atoms with Crippen LogP contribution in [0.4, 0.5) is 4.39 Å². The van der Waals surface area contributed by atoms with Crippen LogP contribution in [0.3, 0.4) is 0 Å². The molecule has 1 N–H and O–H groups in total. The van der Waals surface area contributed by atoms with E-state index in [1.54, 1.807) is 36.5 Å². The number of halogens is 1. The predicted molar refractivity (Wildman–Crippen MR) is 105 cm³/mol. The number of nitrogens with zero attached hydrogens (tertiary/aromatic N) is 2. The van der Waals surface area contributed by atoms with Gasteiger partial charge in [0.05, 0.1) is 5.69 Å². The highest BCUT2D eigenvalue weighted by atomic mass is 19.1. The molecule has 4 aromatic rings. The molecule has 3 aromatic carbocycles. The van der Waals surface area contributed by atoms with Gasteiger partial charge in [-0.1, -0.05) is 48.5 Å². The number of rotatable bonds is 5. The largest absolute Gasteiger partial charge is 0.507 e. The molecule has 0 bridgehead atoms. The molecule has 4 rings (SSSR count). The Balaban J connectivity index is 1.62. The Bertz CT molecular complexity index is 1100. The Morgan fingerprint density at radius 3 is 2.46 bits per heavy atom. The van der Waals surface area contributed by atoms with E-state index in [1.807, 2.05) is 30.3 Å². The summed E-state index contributed by atoms with van der Waals surface area (Å²) in [6.45, 7) is 0.0776. The lowest BCUT2D eigenvalue weighted by Gasteiger charge is -2.12. The summed E-state index contributed by atoms with van der Waals surface area (Å²) < 4.78 is 19.3. The zero-order chi connectivity index (χ0) is 19.3. The summed E-state index contributed by atoms with van der Waals surface area (Å²) >= 11 is 0. The Morgan fingerprint density at radius 2 is 1.68 bits per heavy atom. The highest BCUT2D eigenvalue weighted by Crippen LogP contribution is 2.36. The maximum absolute atomic E-state index is 13.7. The molecule has 0 saturated heterocycles. The minimum atomic E-state index is -0.322. The number of benzene rings is 3. The van der Waals surface area contributed by atoms with E-state index in [0.29, 0.717) is 22.6 Å². The lowest BCUT2D eigenvalue weighted by atomic mass is 10.0. The normalized spacial score (nSPS) is 10.6. The van der Waals surface area contributed by atoms with Crippen molar-refractivity contribution in [3.05, 3.63) is 96.7 Å². The summed E-state index contributed by atoms with van der Waals surface area (Å²) in [5, 5.41) is 10.6. The molecule has 0 atom stereocenters. The molecule has 0 spiro atoms. The zero-order valence-electron chi connectivity index (χ0n) is 14.9. The van der Waals surface area contributed by atoms with Crippen molar-refractivity contribution < 1.29 is 14.2 Å². The van der Waals surface area contributed by atoms with Gasteiger partial charge in [-0.15, -0.1) is 0 Å². The lowest BCUT2D eigenvalue weighted by Crippen LogP contribution is -1.98. The summed E-state index contributed by atoms with van der Waals surface area (Å²) in [5.41, 5.74) is 3.42. The van der Waals surface area contributed by atoms with Gasteiger partial charge in [-0.3, -0.25) is 0 Å². The first-order valence-corrected chi connectivity index (χ1v) is 8.77. The molecule has 138 valence electrons. The number of ether oxygens (including phenoxy) is 1. The lowest BCUT2D eigenvalue weighted by molar-refractivity contribution is 0.298. The van der Waals surface area contributed by atoms with Crippen molar-refractivity contribution in [2.24, 2.45) is 0 Å². The molecule has 0 radical (unpaired) electrons. The van der Waals surface area contributed by atoms with Gasteiger partial charge in [-0.25, -0.2) is 14.4 Å². The van der Waals surface area contributed by atoms with Gasteiger partial charge >= 0.3 is 0 Å². The maximum Gasteiger partial charge on any atom is 0.129 e. The zero-order valence-corrected chi connectivity index (χ0v) is 14.9. The Morgan fingerprint density at radius 1 is 0.893 bits per heavy atom. The molecule has 0 aliphatic carbocycles. The molecule has 1 heterocycles. The van der Waals surface area contributed by atoms with Crippen LogP contribution in [0.5, 0.6) is 11.5 Å². The Hall–Kier alpha value is -3.73. The molecule has 0 aliphatic rings. The molecule has 5 heteroatoms. The van der Waals surface area contributed by atoms with Crippen molar-refractivity contribution in [2.45, 2.75) is 6.61 Å². The van der Waals surface area contributed by atoms with E-state index < -0.39 is 0 Å². The third-order valence-electron chi connectivity index (χ3n) is 4.37. The fourth-order valence-corrected chi connectivity index (χ4v) is 2.95. The third-order valence-corrected chi connectivity index (χ3v) is 4.37. The highest BCUT2D eigenvalue weighted by molar-refractivity contribution is 5.82. The van der Waals surface area contributed by atoms with Crippen LogP contribution in [0, 0.1) is 5.82 Å². The van der Waals surface area contributed by atoms with E-state index >= 15 is 0 Å². The quantitative estimate of drug-likeness (QED) is 0.521. The van der Waals surface area contributed by atoms with Crippen molar-refractivity contribution in [2.75, 3.05) is 0 Å². The van der Waals surface area contributed by atoms with Crippen molar-refractivity contribution in [1.82, 2.24) is 9.97 Å². The minimum absolute atomic E-state index is 0.0296. The first kappa shape index (κ1) is 17.7. The van der Waals surface area contributed by atoms with Gasteiger partial charge in [0.25, 0.3) is 0 Å². The number of phenolic OH excluding ortho intramolecular Hbond substituents is 1. The fourth-order valence-electron chi connectivity index (χ4n) is 2.95. The molecule has 0 saturated carbocycles. The second-order valence-corrected chi connectivity index (χ2v) is 6.21. The van der Waals surface area contributed by atoms with Crippen molar-refractivity contribution in [1.29, 1.82) is 0 Å². The summed E-state index contributed by atoms with van der Waals surface area (Å²) in [6.07, 6.45) is 3.17. The van der Waals surface area contributed by atoms with E-state index in [1.165, 1.54) is 18.5 Å². The second kappa shape index (κ2) is 7.88. The molecule has 0 fully saturated rings. The highest BCUT2D eigenvalue weighted by Gasteiger charge is 2.14. The number of phenols is 1. The van der Waals surface area contributed by atoms with Crippen LogP contribution in [-0.2, 0) is 6.61 Å². The van der Waals surface area contributed by atoms with Crippen LogP contribution in [0.1, 0.15) is 5.56 Å². The van der Waals surface area contributed by atoms with E-state index in [9.17, 15) is 9.50 Å². The van der Waals surface area contributed by atoms with E-state index in [-0.39, 0.29) is 18.2 Å². The molecule has 0 amide bonds. The average Bonchev–Trinajstić information content (AvgIpc) is 2.74. The average molecular weight is 372 g/mol. The van der Waals surface area contributed by atoms with Crippen molar-refractivity contribution >= 4 is 0 Å². The van der Waals surface area contributed by atoms with Gasteiger partial charge in [0, 0.05) is 29.0 Å². The molecule has 0 unspecified atom stereocenters. The Labute approximate surface area is 161 Å². The monoisotopic (exact) mass is 372 g/mol. The van der Waals surface area contributed by atoms with Crippen LogP contribution < -0.4 is 4.74 Å². The first-order valence-electron chi connectivity index (χ1n) is 8.77. The summed E-state index contributed by atoms with van der Waals surface area (Å²) in [4.78, 5) is 8.47. The van der Waals surface area contributed by atoms with Gasteiger partial charge in [0.15, 0.2) is 0 Å². The predicted octanol–water partition coefficient (Wildman–Crippen LogP) is 5.23. The summed E-state index contributed by atoms with van der Waals surface area (Å²) in [6, 6.07) is 21.1. The van der Waals surface area contributed by atoms with Gasteiger partial charge < -0.3 is 9.84 Å². The van der Waals surface area contributed by atoms with E-state index in [4.69, 9.17) is 4.74 Å². The number of aromatic hydroxyl groups is 1. The van der Waals surface area contributed by atoms with Crippen LogP contribution in [0.25, 0.3) is 22.4 Å². The number of hydrogen-bond donors (Lipinski definition) is 1. The molecule has 0 aliphatic heterocycles.